The first-order valence-electron chi connectivity index (χ1n) is 3.31. The fourth-order valence-electron chi connectivity index (χ4n) is 0.403. The van der Waals surface area contributed by atoms with E-state index in [0.717, 1.165) is 6.92 Å². The number of rotatable bonds is 4. The Bertz CT molecular complexity index is 352. The summed E-state index contributed by atoms with van der Waals surface area (Å²) >= 11 is 0. The number of hydrogen-bond acceptors (Lipinski definition) is 5. The first-order valence-corrected chi connectivity index (χ1v) is 4.81. The number of hydrogen-bond donors (Lipinski definition) is 2. The van der Waals surface area contributed by atoms with Gasteiger partial charge in [0.1, 0.15) is 0 Å². The zero-order chi connectivity index (χ0) is 11.4. The Hall–Kier alpha value is -1.41. The van der Waals surface area contributed by atoms with Crippen molar-refractivity contribution in [3.8, 4) is 0 Å². The second-order valence-corrected chi connectivity index (χ2v) is 3.88. The minimum Gasteiger partial charge on any atom is -0.478 e. The van der Waals surface area contributed by atoms with Gasteiger partial charge in [0.25, 0.3) is 0 Å². The molecule has 1 atom stereocenters. The monoisotopic (exact) mass is 224 g/mol. The summed E-state index contributed by atoms with van der Waals surface area (Å²) in [4.78, 5) is 20.6. The van der Waals surface area contributed by atoms with Gasteiger partial charge in [0.15, 0.2) is 0 Å². The van der Waals surface area contributed by atoms with Crippen LogP contribution in [0, 0.1) is 0 Å². The van der Waals surface area contributed by atoms with Crippen LogP contribution in [-0.2, 0) is 24.4 Å². The smallest absolute Gasteiger partial charge is 0.332 e. The minimum atomic E-state index is -4.46. The highest BCUT2D eigenvalue weighted by molar-refractivity contribution is 7.86. The van der Waals surface area contributed by atoms with Gasteiger partial charge in [0.2, 0.25) is 5.44 Å². The summed E-state index contributed by atoms with van der Waals surface area (Å²) in [5.74, 6) is -2.54. The van der Waals surface area contributed by atoms with Crippen LogP contribution >= 0.6 is 0 Å². The van der Waals surface area contributed by atoms with E-state index in [1.807, 2.05) is 0 Å². The minimum absolute atomic E-state index is 0.485. The van der Waals surface area contributed by atoms with Crippen LogP contribution in [0.3, 0.4) is 0 Å². The van der Waals surface area contributed by atoms with Gasteiger partial charge in [0, 0.05) is 12.2 Å². The molecule has 0 aromatic carbocycles. The lowest BCUT2D eigenvalue weighted by Gasteiger charge is -2.07. The summed E-state index contributed by atoms with van der Waals surface area (Å²) in [7, 11) is -4.46. The first kappa shape index (κ1) is 12.6. The van der Waals surface area contributed by atoms with Crippen LogP contribution in [0.1, 0.15) is 6.92 Å². The van der Waals surface area contributed by atoms with Gasteiger partial charge in [-0.05, 0) is 6.92 Å². The molecule has 0 bridgehead atoms. The van der Waals surface area contributed by atoms with E-state index >= 15 is 0 Å². The standard InChI is InChI=1S/C6H8O7S/c1-4(14(10,11)12)13-6(9)3-2-5(7)8/h2-4H,1H3,(H,7,8)(H,10,11,12)/b3-2-. The Morgan fingerprint density at radius 1 is 1.36 bits per heavy atom. The Labute approximate surface area is 79.7 Å². The molecule has 14 heavy (non-hydrogen) atoms. The van der Waals surface area contributed by atoms with Crippen LogP contribution in [0.15, 0.2) is 12.2 Å². The van der Waals surface area contributed by atoms with Gasteiger partial charge in [-0.3, -0.25) is 4.55 Å². The third kappa shape index (κ3) is 5.27. The Kier molecular flexibility index (Phi) is 4.25. The van der Waals surface area contributed by atoms with Crippen molar-refractivity contribution in [2.24, 2.45) is 0 Å². The molecule has 0 aromatic rings. The molecule has 0 spiro atoms. The second kappa shape index (κ2) is 4.72. The molecular formula is C6H8O7S. The highest BCUT2D eigenvalue weighted by atomic mass is 32.2. The normalized spacial score (nSPS) is 13.9. The van der Waals surface area contributed by atoms with E-state index in [-0.39, 0.29) is 0 Å². The average Bonchev–Trinajstić information content (AvgIpc) is 1.99. The Morgan fingerprint density at radius 2 is 1.86 bits per heavy atom. The van der Waals surface area contributed by atoms with Crippen molar-refractivity contribution in [2.75, 3.05) is 0 Å². The van der Waals surface area contributed by atoms with Crippen molar-refractivity contribution in [2.45, 2.75) is 12.4 Å². The topological polar surface area (TPSA) is 118 Å². The summed E-state index contributed by atoms with van der Waals surface area (Å²) in [5.41, 5.74) is -1.73. The molecule has 0 saturated carbocycles. The van der Waals surface area contributed by atoms with Gasteiger partial charge >= 0.3 is 22.1 Å². The summed E-state index contributed by atoms with van der Waals surface area (Å²) in [6.07, 6.45) is 1.02. The Morgan fingerprint density at radius 3 is 2.21 bits per heavy atom. The molecule has 0 radical (unpaired) electrons. The molecule has 8 heteroatoms. The zero-order valence-electron chi connectivity index (χ0n) is 7.08. The molecule has 0 fully saturated rings. The van der Waals surface area contributed by atoms with E-state index in [2.05, 4.69) is 4.74 Å². The molecule has 0 aliphatic rings. The van der Waals surface area contributed by atoms with Gasteiger partial charge in [-0.2, -0.15) is 8.42 Å². The highest BCUT2D eigenvalue weighted by Gasteiger charge is 2.20. The summed E-state index contributed by atoms with van der Waals surface area (Å²) in [6.45, 7) is 0.932. The van der Waals surface area contributed by atoms with Crippen molar-refractivity contribution < 1.29 is 32.4 Å². The van der Waals surface area contributed by atoms with Gasteiger partial charge in [-0.1, -0.05) is 0 Å². The van der Waals surface area contributed by atoms with Crippen LogP contribution in [0.25, 0.3) is 0 Å². The number of ether oxygens (including phenoxy) is 1. The van der Waals surface area contributed by atoms with Gasteiger partial charge in [-0.15, -0.1) is 0 Å². The molecule has 0 aliphatic carbocycles. The lowest BCUT2D eigenvalue weighted by atomic mass is 10.5. The molecule has 0 rings (SSSR count). The maximum absolute atomic E-state index is 10.7. The fourth-order valence-corrected chi connectivity index (χ4v) is 0.619. The maximum atomic E-state index is 10.7. The second-order valence-electron chi connectivity index (χ2n) is 2.19. The van der Waals surface area contributed by atoms with Crippen molar-refractivity contribution in [3.63, 3.8) is 0 Å². The van der Waals surface area contributed by atoms with E-state index in [9.17, 15) is 18.0 Å². The fraction of sp³-hybridized carbons (Fsp3) is 0.333. The molecule has 2 N–H and O–H groups in total. The molecule has 0 saturated heterocycles. The number of carboxylic acid groups (broad SMARTS) is 1. The third-order valence-electron chi connectivity index (χ3n) is 1.06. The van der Waals surface area contributed by atoms with E-state index in [1.165, 1.54) is 0 Å². The van der Waals surface area contributed by atoms with Crippen LogP contribution in [0.2, 0.25) is 0 Å². The average molecular weight is 224 g/mol. The van der Waals surface area contributed by atoms with Crippen molar-refractivity contribution in [1.82, 2.24) is 0 Å². The van der Waals surface area contributed by atoms with Crippen LogP contribution < -0.4 is 0 Å². The molecule has 0 aromatic heterocycles. The SMILES string of the molecule is CC(OC(=O)/C=C\C(=O)O)S(=O)(=O)O. The lowest BCUT2D eigenvalue weighted by molar-refractivity contribution is -0.140. The molecule has 7 nitrogen and oxygen atoms in total. The summed E-state index contributed by atoms with van der Waals surface area (Å²) < 4.78 is 33.2. The molecular weight excluding hydrogens is 216 g/mol. The van der Waals surface area contributed by atoms with Crippen molar-refractivity contribution in [1.29, 1.82) is 0 Å². The third-order valence-corrected chi connectivity index (χ3v) is 2.00. The molecule has 80 valence electrons. The van der Waals surface area contributed by atoms with Gasteiger partial charge in [-0.25, -0.2) is 9.59 Å². The summed E-state index contributed by atoms with van der Waals surface area (Å²) in [5, 5.41) is 8.09. The van der Waals surface area contributed by atoms with Crippen molar-refractivity contribution >= 4 is 22.1 Å². The molecule has 0 aliphatic heterocycles. The van der Waals surface area contributed by atoms with Crippen LogP contribution in [-0.4, -0.2) is 35.5 Å². The van der Waals surface area contributed by atoms with E-state index in [1.54, 1.807) is 0 Å². The number of carboxylic acids is 1. The van der Waals surface area contributed by atoms with E-state index in [0.29, 0.717) is 12.2 Å². The Balaban J connectivity index is 4.29. The lowest BCUT2D eigenvalue weighted by Crippen LogP contribution is -2.22. The number of carbonyl (C=O) groups is 2. The van der Waals surface area contributed by atoms with Gasteiger partial charge < -0.3 is 9.84 Å². The molecule has 1 unspecified atom stereocenters. The number of aliphatic carboxylic acids is 1. The van der Waals surface area contributed by atoms with Crippen LogP contribution in [0.4, 0.5) is 0 Å². The quantitative estimate of drug-likeness (QED) is 0.372. The molecule has 0 amide bonds. The van der Waals surface area contributed by atoms with Gasteiger partial charge in [0.05, 0.1) is 0 Å². The van der Waals surface area contributed by atoms with E-state index in [4.69, 9.17) is 9.66 Å². The first-order chi connectivity index (χ1) is 6.23. The molecule has 0 heterocycles. The van der Waals surface area contributed by atoms with E-state index < -0.39 is 27.5 Å². The predicted octanol–water partition coefficient (Wildman–Crippen LogP) is -0.596. The number of carbonyl (C=O) groups excluding carboxylic acids is 1. The largest absolute Gasteiger partial charge is 0.478 e. The highest BCUT2D eigenvalue weighted by Crippen LogP contribution is 2.00. The zero-order valence-corrected chi connectivity index (χ0v) is 7.89. The maximum Gasteiger partial charge on any atom is 0.332 e. The van der Waals surface area contributed by atoms with Crippen molar-refractivity contribution in [3.05, 3.63) is 12.2 Å². The number of esters is 1. The predicted molar refractivity (Wildman–Crippen MR) is 43.9 cm³/mol. The van der Waals surface area contributed by atoms with Crippen LogP contribution in [0.5, 0.6) is 0 Å². The summed E-state index contributed by atoms with van der Waals surface area (Å²) in [6, 6.07) is 0.